The van der Waals surface area contributed by atoms with Crippen molar-refractivity contribution in [1.29, 1.82) is 0 Å². The first-order valence-corrected chi connectivity index (χ1v) is 25.9. The van der Waals surface area contributed by atoms with Gasteiger partial charge in [-0.1, -0.05) is 252 Å². The number of carbonyl (C=O) groups is 3. The minimum absolute atomic E-state index is 0.0627. The van der Waals surface area contributed by atoms with Crippen LogP contribution in [0, 0.1) is 5.92 Å². The Balaban J connectivity index is 4.31. The molecule has 0 aliphatic rings. The van der Waals surface area contributed by atoms with E-state index in [0.29, 0.717) is 19.3 Å². The highest BCUT2D eigenvalue weighted by Crippen LogP contribution is 2.17. The lowest BCUT2D eigenvalue weighted by Gasteiger charge is -2.18. The number of hydrogen-bond donors (Lipinski definition) is 0. The van der Waals surface area contributed by atoms with Crippen molar-refractivity contribution in [2.24, 2.45) is 5.92 Å². The van der Waals surface area contributed by atoms with Gasteiger partial charge < -0.3 is 14.2 Å². The van der Waals surface area contributed by atoms with Crippen LogP contribution in [0.5, 0.6) is 0 Å². The van der Waals surface area contributed by atoms with Crippen LogP contribution in [-0.4, -0.2) is 37.2 Å². The molecule has 0 N–H and O–H groups in total. The van der Waals surface area contributed by atoms with Gasteiger partial charge in [0.25, 0.3) is 0 Å². The molecule has 0 saturated heterocycles. The van der Waals surface area contributed by atoms with Gasteiger partial charge in [-0.15, -0.1) is 0 Å². The van der Waals surface area contributed by atoms with Gasteiger partial charge in [0.05, 0.1) is 0 Å². The average molecular weight is 821 g/mol. The summed E-state index contributed by atoms with van der Waals surface area (Å²) >= 11 is 0. The van der Waals surface area contributed by atoms with E-state index in [-0.39, 0.29) is 31.1 Å². The minimum Gasteiger partial charge on any atom is -0.462 e. The van der Waals surface area contributed by atoms with Crippen molar-refractivity contribution in [2.45, 2.75) is 297 Å². The van der Waals surface area contributed by atoms with Crippen LogP contribution in [0.3, 0.4) is 0 Å². The summed E-state index contributed by atoms with van der Waals surface area (Å²) in [7, 11) is 0. The van der Waals surface area contributed by atoms with Crippen LogP contribution in [0.1, 0.15) is 291 Å². The van der Waals surface area contributed by atoms with Crippen LogP contribution >= 0.6 is 0 Å². The fourth-order valence-corrected chi connectivity index (χ4v) is 7.83. The molecule has 1 unspecified atom stereocenters. The highest BCUT2D eigenvalue weighted by Gasteiger charge is 2.19. The fourth-order valence-electron chi connectivity index (χ4n) is 7.83. The molecular formula is C52H100O6. The molecule has 0 saturated carbocycles. The smallest absolute Gasteiger partial charge is 0.306 e. The maximum atomic E-state index is 12.8. The molecule has 0 spiro atoms. The van der Waals surface area contributed by atoms with Crippen LogP contribution in [0.25, 0.3) is 0 Å². The molecule has 0 heterocycles. The van der Waals surface area contributed by atoms with Crippen molar-refractivity contribution >= 4 is 17.9 Å². The molecule has 0 aliphatic carbocycles. The largest absolute Gasteiger partial charge is 0.462 e. The number of unbranched alkanes of at least 4 members (excludes halogenated alkanes) is 33. The molecule has 0 radical (unpaired) electrons. The quantitative estimate of drug-likeness (QED) is 0.0346. The zero-order valence-electron chi connectivity index (χ0n) is 39.5. The third kappa shape index (κ3) is 44.0. The zero-order chi connectivity index (χ0) is 42.4. The van der Waals surface area contributed by atoms with Gasteiger partial charge in [-0.2, -0.15) is 0 Å². The second-order valence-corrected chi connectivity index (χ2v) is 18.1. The maximum absolute atomic E-state index is 12.8. The second-order valence-electron chi connectivity index (χ2n) is 18.1. The first kappa shape index (κ1) is 56.4. The Morgan fingerprint density at radius 1 is 0.345 bits per heavy atom. The summed E-state index contributed by atoms with van der Waals surface area (Å²) in [6.45, 7) is 9.05. The lowest BCUT2D eigenvalue weighted by atomic mass is 9.99. The SMILES string of the molecule is CCCCCCCCCCCCCCCCC(=O)OC[C@@H](COC(=O)CCCCCCCCCCCCC(C)CC)OC(=O)CCCCCCCCCCCCCC. The lowest BCUT2D eigenvalue weighted by molar-refractivity contribution is -0.167. The minimum atomic E-state index is -0.760. The molecule has 6 heteroatoms. The molecule has 344 valence electrons. The van der Waals surface area contributed by atoms with Crippen LogP contribution in [0.2, 0.25) is 0 Å². The molecule has 0 bridgehead atoms. The number of rotatable bonds is 47. The van der Waals surface area contributed by atoms with Gasteiger partial charge in [0, 0.05) is 19.3 Å². The van der Waals surface area contributed by atoms with Crippen molar-refractivity contribution in [1.82, 2.24) is 0 Å². The summed E-state index contributed by atoms with van der Waals surface area (Å²) in [5, 5.41) is 0. The Hall–Kier alpha value is -1.59. The van der Waals surface area contributed by atoms with Crippen LogP contribution in [-0.2, 0) is 28.6 Å². The number of ether oxygens (including phenoxy) is 3. The average Bonchev–Trinajstić information content (AvgIpc) is 3.22. The van der Waals surface area contributed by atoms with Crippen LogP contribution in [0.15, 0.2) is 0 Å². The van der Waals surface area contributed by atoms with Crippen LogP contribution in [0.4, 0.5) is 0 Å². The van der Waals surface area contributed by atoms with E-state index < -0.39 is 6.10 Å². The highest BCUT2D eigenvalue weighted by molar-refractivity contribution is 5.71. The van der Waals surface area contributed by atoms with Crippen molar-refractivity contribution in [3.8, 4) is 0 Å². The summed E-state index contributed by atoms with van der Waals surface area (Å²) < 4.78 is 16.8. The second kappa shape index (κ2) is 46.5. The first-order chi connectivity index (χ1) is 28.4. The van der Waals surface area contributed by atoms with E-state index in [2.05, 4.69) is 27.7 Å². The Kier molecular flexibility index (Phi) is 45.2. The molecule has 0 rings (SSSR count). The van der Waals surface area contributed by atoms with E-state index in [4.69, 9.17) is 14.2 Å². The Morgan fingerprint density at radius 3 is 0.897 bits per heavy atom. The van der Waals surface area contributed by atoms with E-state index in [0.717, 1.165) is 63.7 Å². The summed E-state index contributed by atoms with van der Waals surface area (Å²) in [6.07, 6.45) is 47.9. The molecule has 6 nitrogen and oxygen atoms in total. The Labute approximate surface area is 361 Å². The number of esters is 3. The first-order valence-electron chi connectivity index (χ1n) is 25.9. The zero-order valence-corrected chi connectivity index (χ0v) is 39.5. The van der Waals surface area contributed by atoms with E-state index in [1.165, 1.54) is 186 Å². The topological polar surface area (TPSA) is 78.9 Å². The molecule has 0 aliphatic heterocycles. The maximum Gasteiger partial charge on any atom is 0.306 e. The molecule has 0 aromatic heterocycles. The molecule has 2 atom stereocenters. The Morgan fingerprint density at radius 2 is 0.603 bits per heavy atom. The van der Waals surface area contributed by atoms with Crippen molar-refractivity contribution in [3.63, 3.8) is 0 Å². The highest BCUT2D eigenvalue weighted by atomic mass is 16.6. The summed E-state index contributed by atoms with van der Waals surface area (Å²) in [4.78, 5) is 37.9. The monoisotopic (exact) mass is 821 g/mol. The van der Waals surface area contributed by atoms with Gasteiger partial charge in [0.15, 0.2) is 6.10 Å². The van der Waals surface area contributed by atoms with Gasteiger partial charge in [0.2, 0.25) is 0 Å². The van der Waals surface area contributed by atoms with Crippen molar-refractivity contribution in [3.05, 3.63) is 0 Å². The summed E-state index contributed by atoms with van der Waals surface area (Å²) in [5.74, 6) is 0.0254. The van der Waals surface area contributed by atoms with Gasteiger partial charge in [0.1, 0.15) is 13.2 Å². The molecule has 0 aromatic rings. The summed E-state index contributed by atoms with van der Waals surface area (Å²) in [6, 6.07) is 0. The van der Waals surface area contributed by atoms with Crippen molar-refractivity contribution in [2.75, 3.05) is 13.2 Å². The number of carbonyl (C=O) groups excluding carboxylic acids is 3. The van der Waals surface area contributed by atoms with E-state index in [9.17, 15) is 14.4 Å². The van der Waals surface area contributed by atoms with Gasteiger partial charge in [-0.25, -0.2) is 0 Å². The molecule has 0 amide bonds. The predicted octanol–water partition coefficient (Wildman–Crippen LogP) is 16.7. The van der Waals surface area contributed by atoms with Crippen LogP contribution < -0.4 is 0 Å². The summed E-state index contributed by atoms with van der Waals surface area (Å²) in [5.41, 5.74) is 0. The van der Waals surface area contributed by atoms with Gasteiger partial charge in [-0.05, 0) is 25.2 Å². The standard InChI is InChI=1S/C52H100O6/c1-5-8-10-12-14-16-18-20-21-23-27-31-35-39-43-50(53)56-46-49(58-52(55)45-41-37-33-29-22-19-17-15-13-11-9-6-2)47-57-51(54)44-40-36-32-28-25-24-26-30-34-38-42-48(4)7-3/h48-49H,5-47H2,1-4H3/t48?,49-/m0/s1. The fraction of sp³-hybridized carbons (Fsp3) is 0.942. The third-order valence-corrected chi connectivity index (χ3v) is 12.2. The molecule has 58 heavy (non-hydrogen) atoms. The van der Waals surface area contributed by atoms with Gasteiger partial charge in [-0.3, -0.25) is 14.4 Å². The lowest BCUT2D eigenvalue weighted by Crippen LogP contribution is -2.30. The third-order valence-electron chi connectivity index (χ3n) is 12.2. The van der Waals surface area contributed by atoms with E-state index in [1.807, 2.05) is 0 Å². The van der Waals surface area contributed by atoms with E-state index >= 15 is 0 Å². The Bertz CT molecular complexity index is 874. The van der Waals surface area contributed by atoms with Gasteiger partial charge >= 0.3 is 17.9 Å². The molecule has 0 fully saturated rings. The number of hydrogen-bond acceptors (Lipinski definition) is 6. The molecular weight excluding hydrogens is 721 g/mol. The predicted molar refractivity (Wildman–Crippen MR) is 247 cm³/mol. The van der Waals surface area contributed by atoms with Crippen molar-refractivity contribution < 1.29 is 28.6 Å². The normalized spacial score (nSPS) is 12.4. The molecule has 0 aromatic carbocycles. The van der Waals surface area contributed by atoms with E-state index in [1.54, 1.807) is 0 Å².